The van der Waals surface area contributed by atoms with Gasteiger partial charge in [0.2, 0.25) is 0 Å². The number of anilines is 1. The Hall–Kier alpha value is -1.94. The van der Waals surface area contributed by atoms with Gasteiger partial charge in [-0.25, -0.2) is 8.78 Å². The first kappa shape index (κ1) is 24.3. The molecule has 2 N–H and O–H groups in total. The Morgan fingerprint density at radius 3 is 2.43 bits per heavy atom. The lowest BCUT2D eigenvalue weighted by Crippen LogP contribution is -2.49. The number of halogens is 3. The van der Waals surface area contributed by atoms with E-state index in [9.17, 15) is 8.78 Å². The average Bonchev–Trinajstić information content (AvgIpc) is 2.75. The molecular weight excluding hydrogens is 501 g/mol. The van der Waals surface area contributed by atoms with E-state index < -0.39 is 0 Å². The van der Waals surface area contributed by atoms with Crippen molar-refractivity contribution in [2.45, 2.75) is 25.0 Å². The number of rotatable bonds is 6. The standard InChI is InChI=1S/C22H28F2N4O.HI/c1-25-22(26-15-21(29-2)16-6-8-17(23)9-7-16)27-19-10-12-28(13-11-19)20-5-3-4-18(24)14-20;/h3-9,14,19,21H,10-13,15H2,1-2H3,(H2,25,26,27);1H. The molecule has 0 spiro atoms. The molecule has 1 aliphatic rings. The Balaban J connectivity index is 0.00000320. The number of nitrogens with one attached hydrogen (secondary N) is 2. The van der Waals surface area contributed by atoms with Crippen molar-refractivity contribution >= 4 is 35.6 Å². The molecule has 0 aromatic heterocycles. The van der Waals surface area contributed by atoms with Crippen molar-refractivity contribution in [2.75, 3.05) is 38.7 Å². The summed E-state index contributed by atoms with van der Waals surface area (Å²) in [6.07, 6.45) is 1.66. The zero-order valence-corrected chi connectivity index (χ0v) is 19.6. The number of ether oxygens (including phenoxy) is 1. The Morgan fingerprint density at radius 1 is 1.13 bits per heavy atom. The minimum absolute atomic E-state index is 0. The normalized spacial score (nSPS) is 16.0. The maximum absolute atomic E-state index is 13.4. The summed E-state index contributed by atoms with van der Waals surface area (Å²) >= 11 is 0. The van der Waals surface area contributed by atoms with Gasteiger partial charge < -0.3 is 20.3 Å². The molecule has 8 heteroatoms. The van der Waals surface area contributed by atoms with Gasteiger partial charge in [0, 0.05) is 45.5 Å². The molecule has 1 heterocycles. The van der Waals surface area contributed by atoms with Crippen molar-refractivity contribution < 1.29 is 13.5 Å². The van der Waals surface area contributed by atoms with Crippen molar-refractivity contribution in [3.05, 3.63) is 65.7 Å². The maximum Gasteiger partial charge on any atom is 0.191 e. The van der Waals surface area contributed by atoms with Gasteiger partial charge in [0.15, 0.2) is 5.96 Å². The van der Waals surface area contributed by atoms with Gasteiger partial charge in [-0.15, -0.1) is 24.0 Å². The van der Waals surface area contributed by atoms with Crippen LogP contribution in [0.2, 0.25) is 0 Å². The molecule has 1 unspecified atom stereocenters. The molecule has 0 saturated carbocycles. The molecule has 1 aliphatic heterocycles. The third-order valence-electron chi connectivity index (χ3n) is 5.21. The summed E-state index contributed by atoms with van der Waals surface area (Å²) in [7, 11) is 3.37. The molecule has 0 amide bonds. The summed E-state index contributed by atoms with van der Waals surface area (Å²) in [5, 5.41) is 6.74. The quantitative estimate of drug-likeness (QED) is 0.336. The predicted octanol–water partition coefficient (Wildman–Crippen LogP) is 4.10. The summed E-state index contributed by atoms with van der Waals surface area (Å²) in [5.41, 5.74) is 1.83. The van der Waals surface area contributed by atoms with Crippen LogP contribution < -0.4 is 15.5 Å². The second-order valence-corrected chi connectivity index (χ2v) is 7.11. The molecule has 1 saturated heterocycles. The Bertz CT molecular complexity index is 811. The van der Waals surface area contributed by atoms with Gasteiger partial charge in [-0.05, 0) is 48.7 Å². The molecule has 2 aromatic carbocycles. The zero-order valence-electron chi connectivity index (χ0n) is 17.3. The molecule has 0 aliphatic carbocycles. The van der Waals surface area contributed by atoms with Gasteiger partial charge in [0.05, 0.1) is 6.10 Å². The highest BCUT2D eigenvalue weighted by molar-refractivity contribution is 14.0. The lowest BCUT2D eigenvalue weighted by atomic mass is 10.0. The van der Waals surface area contributed by atoms with Crippen molar-refractivity contribution in [2.24, 2.45) is 4.99 Å². The number of methoxy groups -OCH3 is 1. The highest BCUT2D eigenvalue weighted by Crippen LogP contribution is 2.21. The van der Waals surface area contributed by atoms with Crippen LogP contribution in [0.1, 0.15) is 24.5 Å². The molecule has 3 rings (SSSR count). The van der Waals surface area contributed by atoms with Gasteiger partial charge in [-0.3, -0.25) is 4.99 Å². The van der Waals surface area contributed by atoms with E-state index >= 15 is 0 Å². The number of hydrogen-bond donors (Lipinski definition) is 2. The Morgan fingerprint density at radius 2 is 1.83 bits per heavy atom. The van der Waals surface area contributed by atoms with Gasteiger partial charge in [-0.1, -0.05) is 18.2 Å². The van der Waals surface area contributed by atoms with E-state index in [1.807, 2.05) is 6.07 Å². The molecule has 5 nitrogen and oxygen atoms in total. The van der Waals surface area contributed by atoms with Crippen LogP contribution in [0.25, 0.3) is 0 Å². The van der Waals surface area contributed by atoms with Crippen LogP contribution in [0.4, 0.5) is 14.5 Å². The second-order valence-electron chi connectivity index (χ2n) is 7.11. The Kier molecular flexibility index (Phi) is 9.77. The topological polar surface area (TPSA) is 48.9 Å². The minimum Gasteiger partial charge on any atom is -0.375 e. The first-order valence-corrected chi connectivity index (χ1v) is 9.85. The summed E-state index contributed by atoms with van der Waals surface area (Å²) in [5.74, 6) is 0.234. The van der Waals surface area contributed by atoms with Crippen LogP contribution in [0.3, 0.4) is 0 Å². The van der Waals surface area contributed by atoms with Crippen molar-refractivity contribution in [1.82, 2.24) is 10.6 Å². The third kappa shape index (κ3) is 6.80. The van der Waals surface area contributed by atoms with Crippen molar-refractivity contribution in [3.8, 4) is 0 Å². The van der Waals surface area contributed by atoms with Crippen LogP contribution in [0, 0.1) is 11.6 Å². The number of piperidine rings is 1. The van der Waals surface area contributed by atoms with Crippen molar-refractivity contribution in [1.29, 1.82) is 0 Å². The Labute approximate surface area is 193 Å². The fraction of sp³-hybridized carbons (Fsp3) is 0.409. The summed E-state index contributed by atoms with van der Waals surface area (Å²) in [4.78, 5) is 6.50. The van der Waals surface area contributed by atoms with Crippen molar-refractivity contribution in [3.63, 3.8) is 0 Å². The van der Waals surface area contributed by atoms with Gasteiger partial charge in [0.25, 0.3) is 0 Å². The number of hydrogen-bond acceptors (Lipinski definition) is 3. The molecule has 0 radical (unpaired) electrons. The van der Waals surface area contributed by atoms with Crippen LogP contribution in [0.15, 0.2) is 53.5 Å². The number of nitrogens with zero attached hydrogens (tertiary/aromatic N) is 2. The zero-order chi connectivity index (χ0) is 20.6. The number of benzene rings is 2. The van der Waals surface area contributed by atoms with E-state index in [0.717, 1.165) is 37.2 Å². The fourth-order valence-electron chi connectivity index (χ4n) is 3.55. The smallest absolute Gasteiger partial charge is 0.191 e. The first-order valence-electron chi connectivity index (χ1n) is 9.85. The minimum atomic E-state index is -0.265. The molecule has 2 aromatic rings. The predicted molar refractivity (Wildman–Crippen MR) is 128 cm³/mol. The highest BCUT2D eigenvalue weighted by Gasteiger charge is 2.21. The monoisotopic (exact) mass is 530 g/mol. The van der Waals surface area contributed by atoms with E-state index in [-0.39, 0.29) is 47.8 Å². The molecular formula is C22H29F2IN4O. The molecule has 1 atom stereocenters. The largest absolute Gasteiger partial charge is 0.375 e. The first-order chi connectivity index (χ1) is 14.1. The SMILES string of the molecule is CN=C(NCC(OC)c1ccc(F)cc1)NC1CCN(c2cccc(F)c2)CC1.I. The van der Waals surface area contributed by atoms with E-state index in [1.165, 1.54) is 18.2 Å². The van der Waals surface area contributed by atoms with Gasteiger partial charge >= 0.3 is 0 Å². The third-order valence-corrected chi connectivity index (χ3v) is 5.21. The molecule has 164 valence electrons. The van der Waals surface area contributed by atoms with Crippen LogP contribution in [-0.2, 0) is 4.74 Å². The lowest BCUT2D eigenvalue weighted by Gasteiger charge is -2.34. The molecule has 1 fully saturated rings. The van der Waals surface area contributed by atoms with Crippen LogP contribution in [0.5, 0.6) is 0 Å². The fourth-order valence-corrected chi connectivity index (χ4v) is 3.55. The number of guanidine groups is 1. The highest BCUT2D eigenvalue weighted by atomic mass is 127. The van der Waals surface area contributed by atoms with E-state index in [4.69, 9.17) is 4.74 Å². The lowest BCUT2D eigenvalue weighted by molar-refractivity contribution is 0.106. The average molecular weight is 530 g/mol. The summed E-state index contributed by atoms with van der Waals surface area (Å²) < 4.78 is 32.1. The van der Waals surface area contributed by atoms with Gasteiger partial charge in [-0.2, -0.15) is 0 Å². The summed E-state index contributed by atoms with van der Waals surface area (Å²) in [6, 6.07) is 13.3. The molecule has 0 bridgehead atoms. The maximum atomic E-state index is 13.4. The second kappa shape index (κ2) is 12.0. The van der Waals surface area contributed by atoms with E-state index in [1.54, 1.807) is 38.4 Å². The van der Waals surface area contributed by atoms with E-state index in [0.29, 0.717) is 12.5 Å². The van der Waals surface area contributed by atoms with Crippen LogP contribution in [-0.4, -0.2) is 45.8 Å². The van der Waals surface area contributed by atoms with Crippen LogP contribution >= 0.6 is 24.0 Å². The summed E-state index contributed by atoms with van der Waals surface area (Å²) in [6.45, 7) is 2.23. The molecule has 30 heavy (non-hydrogen) atoms. The number of aliphatic imine (C=N–C) groups is 1. The van der Waals surface area contributed by atoms with E-state index in [2.05, 4.69) is 20.5 Å². The van der Waals surface area contributed by atoms with Gasteiger partial charge in [0.1, 0.15) is 11.6 Å².